The lowest BCUT2D eigenvalue weighted by Gasteiger charge is -2.42. The van der Waals surface area contributed by atoms with Crippen LogP contribution >= 0.6 is 0 Å². The van der Waals surface area contributed by atoms with Gasteiger partial charge < -0.3 is 19.4 Å². The van der Waals surface area contributed by atoms with Gasteiger partial charge in [-0.05, 0) is 131 Å². The summed E-state index contributed by atoms with van der Waals surface area (Å²) in [4.78, 5) is 21.9. The number of hydrogen-bond donors (Lipinski definition) is 0. The van der Waals surface area contributed by atoms with Gasteiger partial charge in [0.2, 0.25) is 0 Å². The smallest absolute Gasteiger partial charge is 0.319 e. The number of fused-ring (bicyclic) bond motifs is 2. The van der Waals surface area contributed by atoms with Crippen molar-refractivity contribution in [1.82, 2.24) is 24.8 Å². The molecule has 2 aromatic heterocycles. The quantitative estimate of drug-likeness (QED) is 0.139. The van der Waals surface area contributed by atoms with E-state index >= 15 is 4.39 Å². The van der Waals surface area contributed by atoms with Crippen LogP contribution < -0.4 is 9.64 Å². The Morgan fingerprint density at radius 1 is 0.912 bits per heavy atom. The van der Waals surface area contributed by atoms with Crippen LogP contribution in [-0.4, -0.2) is 83.2 Å². The Morgan fingerprint density at radius 3 is 2.46 bits per heavy atom. The van der Waals surface area contributed by atoms with Crippen molar-refractivity contribution in [2.75, 3.05) is 57.3 Å². The van der Waals surface area contributed by atoms with Crippen molar-refractivity contribution in [1.29, 1.82) is 0 Å². The van der Waals surface area contributed by atoms with Gasteiger partial charge in [-0.25, -0.2) is 8.78 Å². The number of ether oxygens (including phenoxy) is 1. The van der Waals surface area contributed by atoms with Gasteiger partial charge in [0.25, 0.3) is 0 Å². The molecule has 1 aliphatic carbocycles. The van der Waals surface area contributed by atoms with E-state index in [1.54, 1.807) is 18.3 Å². The van der Waals surface area contributed by atoms with Crippen molar-refractivity contribution in [3.63, 3.8) is 0 Å². The van der Waals surface area contributed by atoms with Crippen molar-refractivity contribution in [2.45, 2.75) is 84.1 Å². The fourth-order valence-electron chi connectivity index (χ4n) is 9.87. The molecule has 57 heavy (non-hydrogen) atoms. The number of piperidine rings is 3. The Hall–Kier alpha value is -4.65. The average molecular weight is 769 g/mol. The molecule has 4 fully saturated rings. The van der Waals surface area contributed by atoms with Crippen LogP contribution in [-0.2, 0) is 0 Å². The number of rotatable bonds is 9. The van der Waals surface area contributed by atoms with E-state index in [1.807, 2.05) is 12.1 Å². The first-order valence-corrected chi connectivity index (χ1v) is 21.1. The first-order valence-electron chi connectivity index (χ1n) is 21.1. The van der Waals surface area contributed by atoms with Gasteiger partial charge in [0, 0.05) is 48.2 Å². The van der Waals surface area contributed by atoms with E-state index < -0.39 is 11.6 Å². The lowest BCUT2D eigenvalue weighted by Crippen LogP contribution is -2.48. The Bertz CT molecular complexity index is 2340. The third-order valence-corrected chi connectivity index (χ3v) is 13.6. The zero-order valence-electron chi connectivity index (χ0n) is 33.7. The minimum absolute atomic E-state index is 0.0517. The van der Waals surface area contributed by atoms with Crippen LogP contribution in [0.25, 0.3) is 32.9 Å². The largest absolute Gasteiger partial charge is 0.463 e. The van der Waals surface area contributed by atoms with Gasteiger partial charge in [0.05, 0.1) is 17.6 Å². The summed E-state index contributed by atoms with van der Waals surface area (Å²) in [5.74, 6) is 3.16. The molecule has 0 N–H and O–H groups in total. The van der Waals surface area contributed by atoms with E-state index in [0.717, 1.165) is 58.4 Å². The second kappa shape index (κ2) is 15.6. The molecule has 296 valence electrons. The van der Waals surface area contributed by atoms with Crippen molar-refractivity contribution >= 4 is 27.5 Å². The molecule has 0 amide bonds. The molecule has 1 atom stereocenters. The van der Waals surface area contributed by atoms with Gasteiger partial charge in [-0.2, -0.15) is 9.97 Å². The molecule has 9 rings (SSSR count). The number of halogens is 2. The highest BCUT2D eigenvalue weighted by Gasteiger charge is 2.46. The Kier molecular flexibility index (Phi) is 10.4. The van der Waals surface area contributed by atoms with Crippen molar-refractivity contribution < 1.29 is 13.5 Å². The third kappa shape index (κ3) is 7.59. The summed E-state index contributed by atoms with van der Waals surface area (Å²) in [6.45, 7) is 14.4. The van der Waals surface area contributed by atoms with Crippen LogP contribution in [0.15, 0.2) is 54.7 Å². The molecule has 0 spiro atoms. The first-order chi connectivity index (χ1) is 27.7. The van der Waals surface area contributed by atoms with Crippen molar-refractivity contribution in [3.8, 4) is 29.6 Å². The molecule has 3 aromatic carbocycles. The van der Waals surface area contributed by atoms with Gasteiger partial charge in [-0.1, -0.05) is 55.3 Å². The standard InChI is InChI=1S/C48H54F2N6O/c1-5-38-41(49)14-13-35-9-6-10-39(42(35)38)44-43(50)45-40(27-51-44)46(56-21-7-8-31(2)28-56)53-47(52-45)57-30-48(19-20-48)29-54-22-17-37(18-23-54)55-24-15-34(16-25-55)36-12-11-32(3)33(4)26-36/h1,6,9-14,26-27,31,34,37H,7-8,15-25,28-30H2,2-4H3. The normalized spacial score (nSPS) is 20.9. The number of aryl methyl sites for hydroxylation is 2. The fourth-order valence-corrected chi connectivity index (χ4v) is 9.87. The predicted octanol–water partition coefficient (Wildman–Crippen LogP) is 9.46. The molecule has 7 nitrogen and oxygen atoms in total. The number of pyridine rings is 1. The van der Waals surface area contributed by atoms with Crippen LogP contribution in [0.5, 0.6) is 6.01 Å². The molecule has 0 bridgehead atoms. The lowest BCUT2D eigenvalue weighted by atomic mass is 9.86. The Morgan fingerprint density at radius 2 is 1.72 bits per heavy atom. The van der Waals surface area contributed by atoms with E-state index in [4.69, 9.17) is 21.1 Å². The van der Waals surface area contributed by atoms with E-state index in [0.29, 0.717) is 52.0 Å². The minimum Gasteiger partial charge on any atom is -0.463 e. The summed E-state index contributed by atoms with van der Waals surface area (Å²) < 4.78 is 38.3. The maximum absolute atomic E-state index is 16.9. The van der Waals surface area contributed by atoms with Gasteiger partial charge in [-0.15, -0.1) is 6.42 Å². The summed E-state index contributed by atoms with van der Waals surface area (Å²) in [6, 6.07) is 16.3. The fraction of sp³-hybridized carbons (Fsp3) is 0.479. The topological polar surface area (TPSA) is 57.6 Å². The zero-order chi connectivity index (χ0) is 39.3. The summed E-state index contributed by atoms with van der Waals surface area (Å²) in [6.07, 6.45) is 16.7. The maximum Gasteiger partial charge on any atom is 0.319 e. The summed E-state index contributed by atoms with van der Waals surface area (Å²) in [5.41, 5.74) is 5.09. The second-order valence-corrected chi connectivity index (χ2v) is 17.6. The van der Waals surface area contributed by atoms with E-state index in [1.165, 1.54) is 61.5 Å². The number of likely N-dealkylation sites (tertiary alicyclic amines) is 2. The SMILES string of the molecule is C#Cc1c(F)ccc2cccc(-c3ncc4c(N5CCCC(C)C5)nc(OCC5(CN6CCC(N7CCC(c8ccc(C)c(C)c8)CC7)CC6)CC5)nc4c3F)c12. The molecule has 3 saturated heterocycles. The maximum atomic E-state index is 16.9. The zero-order valence-corrected chi connectivity index (χ0v) is 33.7. The Labute approximate surface area is 335 Å². The second-order valence-electron chi connectivity index (χ2n) is 17.6. The Balaban J connectivity index is 0.903. The summed E-state index contributed by atoms with van der Waals surface area (Å²) in [5, 5.41) is 1.71. The number of benzene rings is 3. The van der Waals surface area contributed by atoms with Gasteiger partial charge in [0.15, 0.2) is 5.82 Å². The molecule has 5 aromatic rings. The number of aromatic nitrogens is 3. The molecule has 3 aliphatic heterocycles. The van der Waals surface area contributed by atoms with Gasteiger partial charge in [-0.3, -0.25) is 4.98 Å². The number of nitrogens with zero attached hydrogens (tertiary/aromatic N) is 6. The van der Waals surface area contributed by atoms with Crippen LogP contribution in [0, 0.1) is 49.2 Å². The van der Waals surface area contributed by atoms with Crippen LogP contribution in [0.3, 0.4) is 0 Å². The molecule has 9 heteroatoms. The number of anilines is 1. The van der Waals surface area contributed by atoms with E-state index in [9.17, 15) is 4.39 Å². The van der Waals surface area contributed by atoms with Gasteiger partial charge >= 0.3 is 6.01 Å². The van der Waals surface area contributed by atoms with Crippen LogP contribution in [0.4, 0.5) is 14.6 Å². The summed E-state index contributed by atoms with van der Waals surface area (Å²) >= 11 is 0. The molecule has 1 unspecified atom stereocenters. The average Bonchev–Trinajstić information content (AvgIpc) is 4.00. The van der Waals surface area contributed by atoms with E-state index in [-0.39, 0.29) is 28.2 Å². The van der Waals surface area contributed by atoms with E-state index in [2.05, 4.69) is 64.6 Å². The lowest BCUT2D eigenvalue weighted by molar-refractivity contribution is 0.0709. The van der Waals surface area contributed by atoms with Crippen molar-refractivity contribution in [3.05, 3.63) is 88.6 Å². The monoisotopic (exact) mass is 768 g/mol. The first kappa shape index (κ1) is 37.9. The predicted molar refractivity (Wildman–Crippen MR) is 225 cm³/mol. The molecule has 0 radical (unpaired) electrons. The third-order valence-electron chi connectivity index (χ3n) is 13.6. The molecule has 5 heterocycles. The minimum atomic E-state index is -0.593. The van der Waals surface area contributed by atoms with Gasteiger partial charge in [0.1, 0.15) is 22.8 Å². The number of hydrogen-bond acceptors (Lipinski definition) is 7. The molecular weight excluding hydrogens is 715 g/mol. The highest BCUT2D eigenvalue weighted by Crippen LogP contribution is 2.47. The molecular formula is C48H54F2N6O. The molecule has 4 aliphatic rings. The molecule has 1 saturated carbocycles. The number of terminal acetylenes is 1. The highest BCUT2D eigenvalue weighted by atomic mass is 19.1. The van der Waals surface area contributed by atoms with Crippen LogP contribution in [0.2, 0.25) is 0 Å². The van der Waals surface area contributed by atoms with Crippen molar-refractivity contribution in [2.24, 2.45) is 11.3 Å². The highest BCUT2D eigenvalue weighted by molar-refractivity contribution is 6.02. The summed E-state index contributed by atoms with van der Waals surface area (Å²) in [7, 11) is 0. The van der Waals surface area contributed by atoms with Crippen LogP contribution in [0.1, 0.15) is 86.5 Å².